The third kappa shape index (κ3) is 6.64. The number of aliphatic imine (C=N–C) groups is 1. The molecule has 3 aliphatic rings. The van der Waals surface area contributed by atoms with Crippen molar-refractivity contribution in [2.75, 3.05) is 44.3 Å². The molecule has 3 aliphatic heterocycles. The van der Waals surface area contributed by atoms with Gasteiger partial charge in [0.05, 0.1) is 24.3 Å². The number of hydrogen-bond acceptors (Lipinski definition) is 6. The van der Waals surface area contributed by atoms with Crippen molar-refractivity contribution in [3.05, 3.63) is 64.7 Å². The van der Waals surface area contributed by atoms with E-state index >= 15 is 0 Å². The second kappa shape index (κ2) is 11.8. The number of benzene rings is 2. The molecule has 0 spiro atoms. The maximum absolute atomic E-state index is 14.2. The van der Waals surface area contributed by atoms with Crippen LogP contribution in [0.5, 0.6) is 0 Å². The average Bonchev–Trinajstić information content (AvgIpc) is 3.09. The number of para-hydroxylation sites is 1. The minimum atomic E-state index is -4.99. The number of fused-ring (bicyclic) bond motifs is 1. The van der Waals surface area contributed by atoms with Gasteiger partial charge in [-0.2, -0.15) is 26.3 Å². The molecule has 0 aliphatic carbocycles. The molecule has 232 valence electrons. The molecule has 1 N–H and O–H groups in total. The summed E-state index contributed by atoms with van der Waals surface area (Å²) in [7, 11) is 0. The Morgan fingerprint density at radius 3 is 2.21 bits per heavy atom. The first kappa shape index (κ1) is 30.8. The lowest BCUT2D eigenvalue weighted by Gasteiger charge is -2.39. The number of ether oxygens (including phenoxy) is 1. The van der Waals surface area contributed by atoms with E-state index in [2.05, 4.69) is 10.3 Å². The van der Waals surface area contributed by atoms with Crippen LogP contribution in [0, 0.1) is 12.8 Å². The van der Waals surface area contributed by atoms with Gasteiger partial charge in [-0.15, -0.1) is 0 Å². The van der Waals surface area contributed by atoms with Crippen LogP contribution in [0.2, 0.25) is 0 Å². The number of aryl methyl sites for hydroxylation is 1. The number of halogens is 6. The minimum absolute atomic E-state index is 0.0376. The lowest BCUT2D eigenvalue weighted by molar-refractivity contribution is -0.143. The molecule has 8 nitrogen and oxygen atoms in total. The molecule has 3 unspecified atom stereocenters. The highest BCUT2D eigenvalue weighted by Gasteiger charge is 2.46. The standard InChI is InChI=1S/C29H31F6N5O3/c1-17-5-3-4-6-23(17)40-15-24(39-9-7-38(8-10-39)18(2)41)43-26-25(27(40)42)22(36-16-37-26)13-19-11-20(28(30,31)32)14-21(12-19)29(33,34)35/h3-6,11-12,14,22,24-25,36H,7-10,13,15-16H2,1-2H3. The van der Waals surface area contributed by atoms with Crippen LogP contribution in [0.1, 0.15) is 29.2 Å². The van der Waals surface area contributed by atoms with E-state index in [0.717, 1.165) is 5.56 Å². The van der Waals surface area contributed by atoms with Crippen LogP contribution in [-0.4, -0.2) is 79.2 Å². The number of piperazine rings is 1. The van der Waals surface area contributed by atoms with Crippen LogP contribution >= 0.6 is 0 Å². The van der Waals surface area contributed by atoms with Crippen molar-refractivity contribution in [1.29, 1.82) is 0 Å². The van der Waals surface area contributed by atoms with E-state index in [1.54, 1.807) is 21.9 Å². The van der Waals surface area contributed by atoms with E-state index in [4.69, 9.17) is 4.74 Å². The fourth-order valence-corrected chi connectivity index (χ4v) is 5.79. The molecule has 5 rings (SSSR count). The maximum atomic E-state index is 14.2. The summed E-state index contributed by atoms with van der Waals surface area (Å²) in [6.45, 7) is 5.27. The topological polar surface area (TPSA) is 77.5 Å². The summed E-state index contributed by atoms with van der Waals surface area (Å²) in [5.41, 5.74) is -1.66. The van der Waals surface area contributed by atoms with Gasteiger partial charge in [-0.1, -0.05) is 18.2 Å². The third-order valence-corrected chi connectivity index (χ3v) is 8.06. The molecule has 2 fully saturated rings. The molecule has 2 amide bonds. The quantitative estimate of drug-likeness (QED) is 0.528. The van der Waals surface area contributed by atoms with Crippen LogP contribution in [0.15, 0.2) is 47.5 Å². The molecular formula is C29H31F6N5O3. The molecule has 3 atom stereocenters. The molecule has 14 heteroatoms. The van der Waals surface area contributed by atoms with E-state index < -0.39 is 47.6 Å². The van der Waals surface area contributed by atoms with Gasteiger partial charge in [0, 0.05) is 44.8 Å². The summed E-state index contributed by atoms with van der Waals surface area (Å²) in [6, 6.07) is 7.75. The number of hydrogen-bond donors (Lipinski definition) is 1. The van der Waals surface area contributed by atoms with Gasteiger partial charge < -0.3 is 14.5 Å². The highest BCUT2D eigenvalue weighted by atomic mass is 19.4. The minimum Gasteiger partial charge on any atom is -0.459 e. The van der Waals surface area contributed by atoms with Gasteiger partial charge in [0.15, 0.2) is 6.23 Å². The number of carbonyl (C=O) groups is 2. The monoisotopic (exact) mass is 611 g/mol. The molecule has 3 heterocycles. The Labute approximate surface area is 244 Å². The smallest absolute Gasteiger partial charge is 0.416 e. The van der Waals surface area contributed by atoms with Gasteiger partial charge in [0.25, 0.3) is 0 Å². The number of anilines is 1. The molecular weight excluding hydrogens is 580 g/mol. The lowest BCUT2D eigenvalue weighted by atomic mass is 9.89. The SMILES string of the molecule is CC(=O)N1CCN(C2CN(c3ccccc3C)C(=O)C3C(=NCNC3Cc3cc(C(F)(F)F)cc(C(F)(F)F)c3)O2)CC1. The Kier molecular flexibility index (Phi) is 8.45. The molecule has 0 radical (unpaired) electrons. The number of rotatable bonds is 4. The Morgan fingerprint density at radius 2 is 1.63 bits per heavy atom. The second-order valence-corrected chi connectivity index (χ2v) is 10.9. The van der Waals surface area contributed by atoms with Crippen molar-refractivity contribution < 1.29 is 40.7 Å². The van der Waals surface area contributed by atoms with E-state index in [1.807, 2.05) is 24.0 Å². The first-order valence-corrected chi connectivity index (χ1v) is 13.8. The molecule has 2 aromatic rings. The molecule has 0 saturated carbocycles. The van der Waals surface area contributed by atoms with Crippen molar-refractivity contribution in [3.8, 4) is 0 Å². The molecule has 2 saturated heterocycles. The van der Waals surface area contributed by atoms with Crippen LogP contribution < -0.4 is 10.2 Å². The first-order valence-electron chi connectivity index (χ1n) is 13.8. The Hall–Kier alpha value is -3.65. The zero-order valence-electron chi connectivity index (χ0n) is 23.5. The van der Waals surface area contributed by atoms with Gasteiger partial charge >= 0.3 is 12.4 Å². The Morgan fingerprint density at radius 1 is 1.00 bits per heavy atom. The fourth-order valence-electron chi connectivity index (χ4n) is 5.79. The van der Waals surface area contributed by atoms with Crippen molar-refractivity contribution in [2.45, 2.75) is 44.9 Å². The summed E-state index contributed by atoms with van der Waals surface area (Å²) in [4.78, 5) is 35.8. The van der Waals surface area contributed by atoms with Crippen LogP contribution in [-0.2, 0) is 33.1 Å². The van der Waals surface area contributed by atoms with Gasteiger partial charge in [0.2, 0.25) is 17.7 Å². The fraction of sp³-hybridized carbons (Fsp3) is 0.483. The molecule has 43 heavy (non-hydrogen) atoms. The maximum Gasteiger partial charge on any atom is 0.416 e. The first-order chi connectivity index (χ1) is 20.2. The predicted molar refractivity (Wildman–Crippen MR) is 145 cm³/mol. The van der Waals surface area contributed by atoms with Crippen molar-refractivity contribution in [1.82, 2.24) is 15.1 Å². The summed E-state index contributed by atoms with van der Waals surface area (Å²) in [6.07, 6.45) is -10.9. The van der Waals surface area contributed by atoms with Gasteiger partial charge in [-0.25, -0.2) is 4.99 Å². The lowest BCUT2D eigenvalue weighted by Crippen LogP contribution is -2.55. The van der Waals surface area contributed by atoms with Crippen molar-refractivity contribution in [3.63, 3.8) is 0 Å². The van der Waals surface area contributed by atoms with Crippen molar-refractivity contribution in [2.24, 2.45) is 10.9 Å². The Balaban J connectivity index is 1.50. The van der Waals surface area contributed by atoms with E-state index in [9.17, 15) is 35.9 Å². The number of nitrogens with zero attached hydrogens (tertiary/aromatic N) is 4. The zero-order valence-corrected chi connectivity index (χ0v) is 23.5. The number of nitrogens with one attached hydrogen (secondary N) is 1. The summed E-state index contributed by atoms with van der Waals surface area (Å²) >= 11 is 0. The van der Waals surface area contributed by atoms with Gasteiger partial charge in [0.1, 0.15) is 5.92 Å². The third-order valence-electron chi connectivity index (χ3n) is 8.06. The van der Waals surface area contributed by atoms with Gasteiger partial charge in [-0.3, -0.25) is 19.8 Å². The largest absolute Gasteiger partial charge is 0.459 e. The molecule has 0 aromatic heterocycles. The second-order valence-electron chi connectivity index (χ2n) is 10.9. The normalized spacial score (nSPS) is 23.8. The summed E-state index contributed by atoms with van der Waals surface area (Å²) in [5, 5.41) is 3.01. The Bertz CT molecular complexity index is 1370. The van der Waals surface area contributed by atoms with Crippen LogP contribution in [0.4, 0.5) is 32.0 Å². The highest BCUT2D eigenvalue weighted by molar-refractivity contribution is 6.09. The van der Waals surface area contributed by atoms with Crippen molar-refractivity contribution >= 4 is 23.4 Å². The number of alkyl halides is 6. The summed E-state index contributed by atoms with van der Waals surface area (Å²) < 4.78 is 87.7. The molecule has 2 aromatic carbocycles. The van der Waals surface area contributed by atoms with Crippen LogP contribution in [0.3, 0.4) is 0 Å². The number of carbonyl (C=O) groups excluding carboxylic acids is 2. The zero-order chi connectivity index (χ0) is 31.1. The molecule has 0 bridgehead atoms. The summed E-state index contributed by atoms with van der Waals surface area (Å²) in [5.74, 6) is -1.52. The van der Waals surface area contributed by atoms with E-state index in [0.29, 0.717) is 44.0 Å². The average molecular weight is 612 g/mol. The predicted octanol–water partition coefficient (Wildman–Crippen LogP) is 4.07. The van der Waals surface area contributed by atoms with Crippen LogP contribution in [0.25, 0.3) is 0 Å². The van der Waals surface area contributed by atoms with E-state index in [1.165, 1.54) is 6.92 Å². The highest BCUT2D eigenvalue weighted by Crippen LogP contribution is 2.37. The number of amides is 2. The van der Waals surface area contributed by atoms with E-state index in [-0.39, 0.29) is 43.1 Å². The van der Waals surface area contributed by atoms with Gasteiger partial charge in [-0.05, 0) is 48.7 Å².